The Labute approximate surface area is 129 Å². The van der Waals surface area contributed by atoms with E-state index in [9.17, 15) is 9.59 Å². The third-order valence-corrected chi connectivity index (χ3v) is 2.55. The van der Waals surface area contributed by atoms with Crippen molar-refractivity contribution in [2.24, 2.45) is 0 Å². The van der Waals surface area contributed by atoms with Crippen LogP contribution in [0.5, 0.6) is 0 Å². The lowest BCUT2D eigenvalue weighted by Gasteiger charge is -2.05. The van der Waals surface area contributed by atoms with Crippen molar-refractivity contribution in [3.05, 3.63) is 30.6 Å². The van der Waals surface area contributed by atoms with E-state index in [-0.39, 0.29) is 12.5 Å². The van der Waals surface area contributed by atoms with Gasteiger partial charge in [0.2, 0.25) is 5.91 Å². The molecule has 22 heavy (non-hydrogen) atoms. The lowest BCUT2D eigenvalue weighted by molar-refractivity contribution is -0.141. The molecule has 0 unspecified atom stereocenters. The smallest absolute Gasteiger partial charge is 0.327 e. The number of nitrogens with zero attached hydrogens (tertiary/aromatic N) is 3. The molecule has 0 atom stereocenters. The summed E-state index contributed by atoms with van der Waals surface area (Å²) in [5.41, 5.74) is 1.41. The number of esters is 1. The van der Waals surface area contributed by atoms with Gasteiger partial charge in [-0.1, -0.05) is 13.8 Å². The van der Waals surface area contributed by atoms with Gasteiger partial charge in [0, 0.05) is 30.9 Å². The van der Waals surface area contributed by atoms with Gasteiger partial charge < -0.3 is 10.1 Å². The molecular formula is C15H20N4O3. The lowest BCUT2D eigenvalue weighted by Crippen LogP contribution is -2.17. The first-order chi connectivity index (χ1) is 10.6. The summed E-state index contributed by atoms with van der Waals surface area (Å²) in [5.74, 6) is -0.257. The minimum atomic E-state index is -0.447. The Morgan fingerprint density at radius 3 is 2.64 bits per heavy atom. The zero-order chi connectivity index (χ0) is 16.5. The van der Waals surface area contributed by atoms with Crippen molar-refractivity contribution < 1.29 is 14.3 Å². The zero-order valence-electron chi connectivity index (χ0n) is 13.2. The fraction of sp³-hybridized carbons (Fsp3) is 0.333. The Bertz CT molecular complexity index is 623. The number of rotatable bonds is 4. The predicted molar refractivity (Wildman–Crippen MR) is 83.1 cm³/mol. The summed E-state index contributed by atoms with van der Waals surface area (Å²) in [6, 6.07) is 5.31. The van der Waals surface area contributed by atoms with E-state index in [0.717, 1.165) is 5.56 Å². The van der Waals surface area contributed by atoms with Crippen molar-refractivity contribution in [2.45, 2.75) is 27.3 Å². The van der Waals surface area contributed by atoms with E-state index >= 15 is 0 Å². The number of ether oxygens (including phenoxy) is 1. The van der Waals surface area contributed by atoms with Crippen LogP contribution in [0.3, 0.4) is 0 Å². The molecule has 118 valence electrons. The van der Waals surface area contributed by atoms with Gasteiger partial charge in [-0.3, -0.25) is 14.6 Å². The predicted octanol–water partition coefficient (Wildman–Crippen LogP) is 2.10. The van der Waals surface area contributed by atoms with Crippen LogP contribution in [0.1, 0.15) is 20.8 Å². The third-order valence-electron chi connectivity index (χ3n) is 2.55. The van der Waals surface area contributed by atoms with Crippen LogP contribution in [0.2, 0.25) is 0 Å². The van der Waals surface area contributed by atoms with Crippen LogP contribution in [0.25, 0.3) is 11.3 Å². The Balaban J connectivity index is 0.00000116. The molecule has 0 aliphatic heterocycles. The van der Waals surface area contributed by atoms with Gasteiger partial charge in [-0.25, -0.2) is 4.68 Å². The van der Waals surface area contributed by atoms with Gasteiger partial charge in [-0.2, -0.15) is 5.10 Å². The van der Waals surface area contributed by atoms with Crippen LogP contribution < -0.4 is 5.32 Å². The number of carbonyl (C=O) groups is 2. The normalized spacial score (nSPS) is 9.45. The van der Waals surface area contributed by atoms with Crippen LogP contribution in [0, 0.1) is 0 Å². The number of aromatic nitrogens is 3. The molecule has 0 aromatic carbocycles. The Kier molecular flexibility index (Phi) is 6.75. The monoisotopic (exact) mass is 304 g/mol. The number of hydrogen-bond acceptors (Lipinski definition) is 5. The molecule has 0 aliphatic rings. The second-order valence-corrected chi connectivity index (χ2v) is 4.07. The summed E-state index contributed by atoms with van der Waals surface area (Å²) < 4.78 is 5.99. The maximum atomic E-state index is 11.4. The number of carbonyl (C=O) groups excluding carboxylic acids is 2. The highest BCUT2D eigenvalue weighted by molar-refractivity contribution is 5.88. The van der Waals surface area contributed by atoms with E-state index in [1.54, 1.807) is 24.5 Å². The first-order valence-corrected chi connectivity index (χ1v) is 6.93. The van der Waals surface area contributed by atoms with Crippen LogP contribution in [0.15, 0.2) is 30.6 Å². The molecular weight excluding hydrogens is 284 g/mol. The van der Waals surface area contributed by atoms with E-state index in [2.05, 4.69) is 20.1 Å². The van der Waals surface area contributed by atoms with Crippen LogP contribution in [-0.2, 0) is 20.9 Å². The van der Waals surface area contributed by atoms with E-state index in [1.807, 2.05) is 19.9 Å². The Hall–Kier alpha value is -2.70. The van der Waals surface area contributed by atoms with Gasteiger partial charge in [0.15, 0.2) is 0 Å². The summed E-state index contributed by atoms with van der Waals surface area (Å²) in [6.07, 6.45) is 3.31. The van der Waals surface area contributed by atoms with Crippen molar-refractivity contribution in [2.75, 3.05) is 12.4 Å². The summed E-state index contributed by atoms with van der Waals surface area (Å²) in [4.78, 5) is 26.6. The van der Waals surface area contributed by atoms with Gasteiger partial charge in [-0.15, -0.1) is 0 Å². The van der Waals surface area contributed by atoms with Crippen LogP contribution in [-0.4, -0.2) is 33.8 Å². The standard InChI is InChI=1S/C13H14N4O3.C2H6/c1-9(18)15-12-6-11(10-4-3-5-14-7-10)16-17(12)8-13(19)20-2;1-2/h3-7H,8H2,1-2H3,(H,15,18);1-2H3. The van der Waals surface area contributed by atoms with Crippen molar-refractivity contribution >= 4 is 17.7 Å². The number of pyridine rings is 1. The van der Waals surface area contributed by atoms with Gasteiger partial charge in [0.05, 0.1) is 12.8 Å². The van der Waals surface area contributed by atoms with E-state index in [1.165, 1.54) is 18.7 Å². The fourth-order valence-corrected chi connectivity index (χ4v) is 1.66. The summed E-state index contributed by atoms with van der Waals surface area (Å²) in [7, 11) is 1.30. The van der Waals surface area contributed by atoms with Crippen LogP contribution >= 0.6 is 0 Å². The summed E-state index contributed by atoms with van der Waals surface area (Å²) >= 11 is 0. The Morgan fingerprint density at radius 1 is 1.36 bits per heavy atom. The minimum Gasteiger partial charge on any atom is -0.468 e. The molecule has 0 saturated carbocycles. The van der Waals surface area contributed by atoms with Gasteiger partial charge in [0.25, 0.3) is 0 Å². The molecule has 0 bridgehead atoms. The molecule has 0 saturated heterocycles. The Morgan fingerprint density at radius 2 is 2.09 bits per heavy atom. The number of amides is 1. The van der Waals surface area contributed by atoms with Gasteiger partial charge in [-0.05, 0) is 12.1 Å². The maximum absolute atomic E-state index is 11.4. The molecule has 0 spiro atoms. The number of hydrogen-bond donors (Lipinski definition) is 1. The first kappa shape index (κ1) is 17.4. The average Bonchev–Trinajstić information content (AvgIpc) is 2.92. The van der Waals surface area contributed by atoms with Crippen molar-refractivity contribution in [1.29, 1.82) is 0 Å². The zero-order valence-corrected chi connectivity index (χ0v) is 13.2. The number of methoxy groups -OCH3 is 1. The van der Waals surface area contributed by atoms with Crippen molar-refractivity contribution in [3.8, 4) is 11.3 Å². The minimum absolute atomic E-state index is 0.0770. The molecule has 2 heterocycles. The third kappa shape index (κ3) is 4.69. The fourth-order valence-electron chi connectivity index (χ4n) is 1.66. The largest absolute Gasteiger partial charge is 0.468 e. The molecule has 1 amide bonds. The molecule has 1 N–H and O–H groups in total. The second kappa shape index (κ2) is 8.56. The van der Waals surface area contributed by atoms with E-state index < -0.39 is 5.97 Å². The molecule has 2 aromatic rings. The van der Waals surface area contributed by atoms with Crippen molar-refractivity contribution in [1.82, 2.24) is 14.8 Å². The summed E-state index contributed by atoms with van der Waals surface area (Å²) in [5, 5.41) is 6.91. The van der Waals surface area contributed by atoms with Crippen molar-refractivity contribution in [3.63, 3.8) is 0 Å². The molecule has 0 aliphatic carbocycles. The molecule has 2 rings (SSSR count). The molecule has 2 aromatic heterocycles. The topological polar surface area (TPSA) is 86.1 Å². The second-order valence-electron chi connectivity index (χ2n) is 4.07. The maximum Gasteiger partial charge on any atom is 0.327 e. The molecule has 0 fully saturated rings. The van der Waals surface area contributed by atoms with E-state index in [4.69, 9.17) is 0 Å². The molecule has 7 nitrogen and oxygen atoms in total. The lowest BCUT2D eigenvalue weighted by atomic mass is 10.2. The SMILES string of the molecule is CC.COC(=O)Cn1nc(-c2cccnc2)cc1NC(C)=O. The molecule has 0 radical (unpaired) electrons. The van der Waals surface area contributed by atoms with Gasteiger partial charge in [0.1, 0.15) is 12.4 Å². The van der Waals surface area contributed by atoms with Crippen LogP contribution in [0.4, 0.5) is 5.82 Å². The van der Waals surface area contributed by atoms with Gasteiger partial charge >= 0.3 is 5.97 Å². The first-order valence-electron chi connectivity index (χ1n) is 6.93. The highest BCUT2D eigenvalue weighted by Gasteiger charge is 2.13. The molecule has 7 heteroatoms. The van der Waals surface area contributed by atoms with E-state index in [0.29, 0.717) is 11.5 Å². The number of nitrogens with one attached hydrogen (secondary N) is 1. The number of anilines is 1. The summed E-state index contributed by atoms with van der Waals surface area (Å²) in [6.45, 7) is 5.31. The highest BCUT2D eigenvalue weighted by Crippen LogP contribution is 2.21. The average molecular weight is 304 g/mol. The highest BCUT2D eigenvalue weighted by atomic mass is 16.5. The quantitative estimate of drug-likeness (QED) is 0.874.